The van der Waals surface area contributed by atoms with E-state index in [9.17, 15) is 14.4 Å². The molecule has 0 spiro atoms. The van der Waals surface area contributed by atoms with Crippen molar-refractivity contribution in [3.05, 3.63) is 59.9 Å². The highest BCUT2D eigenvalue weighted by Crippen LogP contribution is 2.26. The number of benzene rings is 1. The number of amides is 2. The number of aromatic nitrogens is 4. The lowest BCUT2D eigenvalue weighted by Gasteiger charge is -2.09. The minimum absolute atomic E-state index is 0.0267. The topological polar surface area (TPSA) is 141 Å². The Morgan fingerprint density at radius 3 is 2.92 bits per heavy atom. The molecule has 4 heterocycles. The molecule has 1 aliphatic rings. The second kappa shape index (κ2) is 9.61. The molecule has 0 radical (unpaired) electrons. The molecule has 1 aromatic carbocycles. The molecular formula is C25H24N6O5. The maximum absolute atomic E-state index is 13.0. The Hall–Kier alpha value is -4.54. The lowest BCUT2D eigenvalue weighted by molar-refractivity contribution is -0.122. The van der Waals surface area contributed by atoms with Crippen molar-refractivity contribution in [2.45, 2.75) is 26.3 Å². The summed E-state index contributed by atoms with van der Waals surface area (Å²) in [6, 6.07) is 6.77. The summed E-state index contributed by atoms with van der Waals surface area (Å²) in [6.45, 7) is 3.10. The molecule has 0 saturated carbocycles. The van der Waals surface area contributed by atoms with E-state index in [4.69, 9.17) is 9.15 Å². The predicted molar refractivity (Wildman–Crippen MR) is 129 cm³/mol. The average molecular weight is 489 g/mol. The third kappa shape index (κ3) is 4.67. The van der Waals surface area contributed by atoms with Crippen LogP contribution in [0.15, 0.2) is 47.3 Å². The number of aryl methyl sites for hydroxylation is 2. The highest BCUT2D eigenvalue weighted by Gasteiger charge is 2.24. The van der Waals surface area contributed by atoms with Gasteiger partial charge in [-0.3, -0.25) is 19.3 Å². The van der Waals surface area contributed by atoms with Gasteiger partial charge in [-0.1, -0.05) is 0 Å². The van der Waals surface area contributed by atoms with Crippen LogP contribution < -0.4 is 10.6 Å². The van der Waals surface area contributed by atoms with E-state index in [1.54, 1.807) is 35.1 Å². The van der Waals surface area contributed by atoms with Crippen LogP contribution in [0.25, 0.3) is 22.4 Å². The summed E-state index contributed by atoms with van der Waals surface area (Å²) in [5, 5.41) is 10.8. The van der Waals surface area contributed by atoms with Crippen molar-refractivity contribution >= 4 is 34.4 Å². The standard InChI is InChI=1S/C25H24N6O5/c1-14-9-16(4-6-26-14)24-29-21(13-36-24)23(33)28-20-10-17-12-31(8-5-15-3-7-27-22(15)32)30-19(17)11-18(20)25(34)35-2/h4,6,9-13,15H,3,5,7-8H2,1-2H3,(H,27,32)(H,28,33). The first-order chi connectivity index (χ1) is 17.4. The SMILES string of the molecule is COC(=O)c1cc2nn(CCC3CCNC3=O)cc2cc1NC(=O)c1coc(-c2ccnc(C)c2)n1. The highest BCUT2D eigenvalue weighted by molar-refractivity contribution is 6.09. The number of nitrogens with one attached hydrogen (secondary N) is 2. The molecule has 1 atom stereocenters. The fourth-order valence-corrected chi connectivity index (χ4v) is 4.20. The van der Waals surface area contributed by atoms with Crippen molar-refractivity contribution < 1.29 is 23.5 Å². The Balaban J connectivity index is 1.38. The second-order valence-corrected chi connectivity index (χ2v) is 8.58. The Kier molecular flexibility index (Phi) is 6.19. The Bertz CT molecular complexity index is 1470. The molecule has 4 aromatic rings. The number of methoxy groups -OCH3 is 1. The monoisotopic (exact) mass is 488 g/mol. The average Bonchev–Trinajstić information content (AvgIpc) is 3.61. The predicted octanol–water partition coefficient (Wildman–Crippen LogP) is 2.96. The number of rotatable bonds is 7. The molecule has 5 rings (SSSR count). The zero-order chi connectivity index (χ0) is 25.2. The Labute approximate surface area is 205 Å². The van der Waals surface area contributed by atoms with Gasteiger partial charge in [0.15, 0.2) is 5.69 Å². The zero-order valence-electron chi connectivity index (χ0n) is 19.8. The summed E-state index contributed by atoms with van der Waals surface area (Å²) in [7, 11) is 1.27. The van der Waals surface area contributed by atoms with Gasteiger partial charge in [-0.05, 0) is 44.0 Å². The van der Waals surface area contributed by atoms with E-state index in [2.05, 4.69) is 25.7 Å². The lowest BCUT2D eigenvalue weighted by Crippen LogP contribution is -2.20. The van der Waals surface area contributed by atoms with Gasteiger partial charge in [-0.15, -0.1) is 0 Å². The summed E-state index contributed by atoms with van der Waals surface area (Å²) < 4.78 is 12.1. The molecule has 1 fully saturated rings. The highest BCUT2D eigenvalue weighted by atomic mass is 16.5. The number of pyridine rings is 1. The molecule has 1 unspecified atom stereocenters. The van der Waals surface area contributed by atoms with Gasteiger partial charge >= 0.3 is 5.97 Å². The van der Waals surface area contributed by atoms with Crippen LogP contribution in [0.4, 0.5) is 5.69 Å². The number of nitrogens with zero attached hydrogens (tertiary/aromatic N) is 4. The molecule has 1 aliphatic heterocycles. The van der Waals surface area contributed by atoms with Gasteiger partial charge < -0.3 is 19.8 Å². The Morgan fingerprint density at radius 2 is 2.17 bits per heavy atom. The van der Waals surface area contributed by atoms with Crippen molar-refractivity contribution in [2.24, 2.45) is 5.92 Å². The molecule has 0 aliphatic carbocycles. The number of hydrogen-bond acceptors (Lipinski definition) is 8. The Morgan fingerprint density at radius 1 is 1.31 bits per heavy atom. The lowest BCUT2D eigenvalue weighted by atomic mass is 10.0. The van der Waals surface area contributed by atoms with Crippen LogP contribution in [0, 0.1) is 12.8 Å². The molecule has 184 valence electrons. The molecule has 11 nitrogen and oxygen atoms in total. The van der Waals surface area contributed by atoms with Gasteiger partial charge in [-0.2, -0.15) is 5.10 Å². The van der Waals surface area contributed by atoms with Gasteiger partial charge in [0.25, 0.3) is 5.91 Å². The second-order valence-electron chi connectivity index (χ2n) is 8.58. The van der Waals surface area contributed by atoms with Crippen LogP contribution in [-0.4, -0.2) is 51.2 Å². The zero-order valence-corrected chi connectivity index (χ0v) is 19.8. The van der Waals surface area contributed by atoms with E-state index in [1.165, 1.54) is 13.4 Å². The molecule has 2 amide bonds. The van der Waals surface area contributed by atoms with Crippen molar-refractivity contribution in [1.82, 2.24) is 25.1 Å². The molecular weight excluding hydrogens is 464 g/mol. The molecule has 36 heavy (non-hydrogen) atoms. The van der Waals surface area contributed by atoms with Gasteiger partial charge in [-0.25, -0.2) is 9.78 Å². The van der Waals surface area contributed by atoms with Crippen molar-refractivity contribution in [2.75, 3.05) is 19.0 Å². The van der Waals surface area contributed by atoms with Gasteiger partial charge in [0.05, 0.1) is 23.9 Å². The number of fused-ring (bicyclic) bond motifs is 1. The van der Waals surface area contributed by atoms with E-state index >= 15 is 0 Å². The minimum atomic E-state index is -0.613. The van der Waals surface area contributed by atoms with Crippen LogP contribution in [0.2, 0.25) is 0 Å². The molecule has 11 heteroatoms. The van der Waals surface area contributed by atoms with Crippen molar-refractivity contribution in [3.8, 4) is 11.5 Å². The van der Waals surface area contributed by atoms with Crippen molar-refractivity contribution in [1.29, 1.82) is 0 Å². The fraction of sp³-hybridized carbons (Fsp3) is 0.280. The molecule has 1 saturated heterocycles. The maximum Gasteiger partial charge on any atom is 0.340 e. The quantitative estimate of drug-likeness (QED) is 0.378. The van der Waals surface area contributed by atoms with Crippen LogP contribution in [-0.2, 0) is 16.1 Å². The first kappa shape index (κ1) is 23.2. The van der Waals surface area contributed by atoms with Crippen LogP contribution in [0.5, 0.6) is 0 Å². The first-order valence-electron chi connectivity index (χ1n) is 11.5. The summed E-state index contributed by atoms with van der Waals surface area (Å²) in [4.78, 5) is 45.7. The van der Waals surface area contributed by atoms with E-state index in [0.717, 1.165) is 17.5 Å². The van der Waals surface area contributed by atoms with E-state index in [0.29, 0.717) is 30.6 Å². The van der Waals surface area contributed by atoms with Gasteiger partial charge in [0, 0.05) is 48.0 Å². The number of esters is 1. The van der Waals surface area contributed by atoms with E-state index in [1.807, 2.05) is 13.1 Å². The maximum atomic E-state index is 13.0. The number of carbonyl (C=O) groups is 3. The number of hydrogen-bond donors (Lipinski definition) is 2. The summed E-state index contributed by atoms with van der Waals surface area (Å²) >= 11 is 0. The van der Waals surface area contributed by atoms with E-state index < -0.39 is 11.9 Å². The minimum Gasteiger partial charge on any atom is -0.465 e. The normalized spacial score (nSPS) is 15.2. The van der Waals surface area contributed by atoms with Crippen LogP contribution in [0.3, 0.4) is 0 Å². The number of ether oxygens (including phenoxy) is 1. The third-order valence-electron chi connectivity index (χ3n) is 6.09. The molecule has 2 N–H and O–H groups in total. The largest absolute Gasteiger partial charge is 0.465 e. The third-order valence-corrected chi connectivity index (χ3v) is 6.09. The molecule has 3 aromatic heterocycles. The van der Waals surface area contributed by atoms with Crippen LogP contribution in [0.1, 0.15) is 39.4 Å². The van der Waals surface area contributed by atoms with Gasteiger partial charge in [0.1, 0.15) is 6.26 Å². The smallest absolute Gasteiger partial charge is 0.340 e. The van der Waals surface area contributed by atoms with Gasteiger partial charge in [0.2, 0.25) is 11.8 Å². The number of oxazole rings is 1. The first-order valence-corrected chi connectivity index (χ1v) is 11.5. The molecule has 0 bridgehead atoms. The summed E-state index contributed by atoms with van der Waals surface area (Å²) in [5.74, 6) is -0.829. The summed E-state index contributed by atoms with van der Waals surface area (Å²) in [6.07, 6.45) is 6.19. The number of anilines is 1. The van der Waals surface area contributed by atoms with Crippen molar-refractivity contribution in [3.63, 3.8) is 0 Å². The fourth-order valence-electron chi connectivity index (χ4n) is 4.20. The number of carbonyl (C=O) groups excluding carboxylic acids is 3. The van der Waals surface area contributed by atoms with Crippen LogP contribution >= 0.6 is 0 Å². The van der Waals surface area contributed by atoms with E-state index in [-0.39, 0.29) is 34.7 Å². The summed E-state index contributed by atoms with van der Waals surface area (Å²) in [5.41, 5.74) is 2.54.